The third kappa shape index (κ3) is 2.96. The van der Waals surface area contributed by atoms with Crippen LogP contribution in [0.15, 0.2) is 11.8 Å². The molecule has 0 amide bonds. The van der Waals surface area contributed by atoms with Crippen LogP contribution in [0.25, 0.3) is 0 Å². The predicted molar refractivity (Wildman–Crippen MR) is 73.1 cm³/mol. The monoisotopic (exact) mass is 250 g/mol. The molecule has 4 atom stereocenters. The van der Waals surface area contributed by atoms with Gasteiger partial charge in [-0.1, -0.05) is 34.1 Å². The number of carbonyl (C=O) groups excluding carboxylic acids is 1. The van der Waals surface area contributed by atoms with Gasteiger partial charge in [0, 0.05) is 18.4 Å². The van der Waals surface area contributed by atoms with Crippen LogP contribution in [0.4, 0.5) is 0 Å². The van der Waals surface area contributed by atoms with E-state index in [-0.39, 0.29) is 11.7 Å². The number of ether oxygens (including phenoxy) is 1. The molecule has 2 rings (SSSR count). The Morgan fingerprint density at radius 1 is 1.28 bits per heavy atom. The summed E-state index contributed by atoms with van der Waals surface area (Å²) in [5, 5.41) is 0. The average Bonchev–Trinajstić information content (AvgIpc) is 2.57. The third-order valence-electron chi connectivity index (χ3n) is 4.56. The minimum absolute atomic E-state index is 0.124. The molecule has 0 aromatic rings. The molecule has 0 aromatic heterocycles. The Kier molecular flexibility index (Phi) is 4.14. The number of ketones is 1. The van der Waals surface area contributed by atoms with E-state index in [2.05, 4.69) is 20.8 Å². The molecule has 1 fully saturated rings. The Morgan fingerprint density at radius 2 is 2.00 bits per heavy atom. The summed E-state index contributed by atoms with van der Waals surface area (Å²) >= 11 is 0. The molecule has 0 saturated heterocycles. The zero-order valence-electron chi connectivity index (χ0n) is 12.1. The molecule has 2 nitrogen and oxygen atoms in total. The Morgan fingerprint density at radius 3 is 2.56 bits per heavy atom. The molecular weight excluding hydrogens is 224 g/mol. The molecule has 2 heteroatoms. The van der Waals surface area contributed by atoms with Gasteiger partial charge in [-0.15, -0.1) is 0 Å². The van der Waals surface area contributed by atoms with Gasteiger partial charge in [0.15, 0.2) is 5.78 Å². The van der Waals surface area contributed by atoms with Crippen molar-refractivity contribution in [1.82, 2.24) is 0 Å². The highest BCUT2D eigenvalue weighted by molar-refractivity contribution is 5.94. The van der Waals surface area contributed by atoms with E-state index in [0.29, 0.717) is 17.9 Å². The molecule has 0 N–H and O–H groups in total. The molecule has 0 radical (unpaired) electrons. The van der Waals surface area contributed by atoms with Gasteiger partial charge < -0.3 is 4.74 Å². The molecule has 1 saturated carbocycles. The Labute approximate surface area is 111 Å². The van der Waals surface area contributed by atoms with Crippen LogP contribution < -0.4 is 0 Å². The van der Waals surface area contributed by atoms with Crippen molar-refractivity contribution in [2.45, 2.75) is 59.5 Å². The second kappa shape index (κ2) is 5.46. The fraction of sp³-hybridized carbons (Fsp3) is 0.812. The largest absolute Gasteiger partial charge is 0.494 e. The van der Waals surface area contributed by atoms with Crippen LogP contribution in [0.3, 0.4) is 0 Å². The standard InChI is InChI=1S/C16H26O2/c1-10(2)14-6-5-11(3)7-16(14)18-13-8-12(4)15(17)9-13/h9-12,14,16H,5-8H2,1-4H3/t11-,12?,14+,16?/m1/s1. The molecular formula is C16H26O2. The Bertz CT molecular complexity index is 343. The first-order valence-electron chi connectivity index (χ1n) is 7.38. The molecule has 2 unspecified atom stereocenters. The third-order valence-corrected chi connectivity index (χ3v) is 4.56. The van der Waals surface area contributed by atoms with Crippen LogP contribution in [-0.4, -0.2) is 11.9 Å². The first-order valence-corrected chi connectivity index (χ1v) is 7.38. The lowest BCUT2D eigenvalue weighted by atomic mass is 9.75. The molecule has 102 valence electrons. The van der Waals surface area contributed by atoms with Gasteiger partial charge in [0.25, 0.3) is 0 Å². The molecule has 0 aromatic carbocycles. The fourth-order valence-corrected chi connectivity index (χ4v) is 3.29. The highest BCUT2D eigenvalue weighted by Crippen LogP contribution is 2.37. The van der Waals surface area contributed by atoms with Crippen molar-refractivity contribution in [3.8, 4) is 0 Å². The first kappa shape index (κ1) is 13.6. The normalized spacial score (nSPS) is 36.9. The van der Waals surface area contributed by atoms with E-state index < -0.39 is 0 Å². The Balaban J connectivity index is 2.01. The predicted octanol–water partition coefficient (Wildman–Crippen LogP) is 3.96. The van der Waals surface area contributed by atoms with E-state index in [0.717, 1.165) is 24.5 Å². The number of hydrogen-bond donors (Lipinski definition) is 0. The lowest BCUT2D eigenvalue weighted by molar-refractivity contribution is -0.116. The first-order chi connectivity index (χ1) is 8.47. The van der Waals surface area contributed by atoms with Crippen LogP contribution in [0.5, 0.6) is 0 Å². The van der Waals surface area contributed by atoms with E-state index >= 15 is 0 Å². The molecule has 0 spiro atoms. The van der Waals surface area contributed by atoms with Gasteiger partial charge in [-0.25, -0.2) is 0 Å². The second-order valence-electron chi connectivity index (χ2n) is 6.60. The smallest absolute Gasteiger partial charge is 0.162 e. The van der Waals surface area contributed by atoms with Crippen LogP contribution >= 0.6 is 0 Å². The van der Waals surface area contributed by atoms with E-state index in [1.54, 1.807) is 6.08 Å². The van der Waals surface area contributed by atoms with Crippen molar-refractivity contribution in [2.24, 2.45) is 23.7 Å². The van der Waals surface area contributed by atoms with Crippen molar-refractivity contribution >= 4 is 5.78 Å². The summed E-state index contributed by atoms with van der Waals surface area (Å²) in [7, 11) is 0. The van der Waals surface area contributed by atoms with Gasteiger partial charge >= 0.3 is 0 Å². The Hall–Kier alpha value is -0.790. The molecule has 2 aliphatic carbocycles. The highest BCUT2D eigenvalue weighted by atomic mass is 16.5. The number of hydrogen-bond acceptors (Lipinski definition) is 2. The average molecular weight is 250 g/mol. The number of allylic oxidation sites excluding steroid dienone is 2. The summed E-state index contributed by atoms with van der Waals surface area (Å²) in [6.45, 7) is 8.87. The second-order valence-corrected chi connectivity index (χ2v) is 6.60. The summed E-state index contributed by atoms with van der Waals surface area (Å²) in [5.74, 6) is 3.34. The quantitative estimate of drug-likeness (QED) is 0.758. The van der Waals surface area contributed by atoms with Crippen LogP contribution in [-0.2, 0) is 9.53 Å². The topological polar surface area (TPSA) is 26.3 Å². The van der Waals surface area contributed by atoms with E-state index in [9.17, 15) is 4.79 Å². The zero-order chi connectivity index (χ0) is 13.3. The van der Waals surface area contributed by atoms with Crippen LogP contribution in [0.2, 0.25) is 0 Å². The van der Waals surface area contributed by atoms with Crippen LogP contribution in [0, 0.1) is 23.7 Å². The maximum atomic E-state index is 11.5. The van der Waals surface area contributed by atoms with Crippen molar-refractivity contribution < 1.29 is 9.53 Å². The summed E-state index contributed by atoms with van der Waals surface area (Å²) in [4.78, 5) is 11.5. The van der Waals surface area contributed by atoms with Crippen molar-refractivity contribution in [2.75, 3.05) is 0 Å². The van der Waals surface area contributed by atoms with E-state index in [4.69, 9.17) is 4.74 Å². The van der Waals surface area contributed by atoms with Gasteiger partial charge in [0.2, 0.25) is 0 Å². The van der Waals surface area contributed by atoms with E-state index in [1.807, 2.05) is 6.92 Å². The summed E-state index contributed by atoms with van der Waals surface area (Å²) in [6, 6.07) is 0. The number of rotatable bonds is 3. The zero-order valence-corrected chi connectivity index (χ0v) is 12.1. The highest BCUT2D eigenvalue weighted by Gasteiger charge is 2.34. The minimum atomic E-state index is 0.124. The van der Waals surface area contributed by atoms with Gasteiger partial charge in [-0.05, 0) is 30.6 Å². The van der Waals surface area contributed by atoms with Crippen molar-refractivity contribution in [1.29, 1.82) is 0 Å². The minimum Gasteiger partial charge on any atom is -0.494 e. The molecule has 0 heterocycles. The summed E-state index contributed by atoms with van der Waals surface area (Å²) in [5.41, 5.74) is 0. The number of carbonyl (C=O) groups is 1. The molecule has 0 aliphatic heterocycles. The van der Waals surface area contributed by atoms with Crippen molar-refractivity contribution in [3.05, 3.63) is 11.8 Å². The summed E-state index contributed by atoms with van der Waals surface area (Å²) in [6.07, 6.45) is 6.56. The maximum absolute atomic E-state index is 11.5. The SMILES string of the molecule is CC1CC(OC2C[C@H](C)CC[C@H]2C(C)C)=CC1=O. The van der Waals surface area contributed by atoms with Crippen molar-refractivity contribution in [3.63, 3.8) is 0 Å². The van der Waals surface area contributed by atoms with E-state index in [1.165, 1.54) is 12.8 Å². The lowest BCUT2D eigenvalue weighted by Gasteiger charge is -2.37. The van der Waals surface area contributed by atoms with Gasteiger partial charge in [0.05, 0.1) is 0 Å². The van der Waals surface area contributed by atoms with Gasteiger partial charge in [-0.2, -0.15) is 0 Å². The lowest BCUT2D eigenvalue weighted by Crippen LogP contribution is -2.34. The summed E-state index contributed by atoms with van der Waals surface area (Å²) < 4.78 is 6.18. The molecule has 2 aliphatic rings. The van der Waals surface area contributed by atoms with Gasteiger partial charge in [0.1, 0.15) is 11.9 Å². The maximum Gasteiger partial charge on any atom is 0.162 e. The molecule has 18 heavy (non-hydrogen) atoms. The van der Waals surface area contributed by atoms with Crippen LogP contribution in [0.1, 0.15) is 53.4 Å². The molecule has 0 bridgehead atoms. The fourth-order valence-electron chi connectivity index (χ4n) is 3.29. The van der Waals surface area contributed by atoms with Gasteiger partial charge in [-0.3, -0.25) is 4.79 Å².